The number of hydrogen-bond donors (Lipinski definition) is 3. The Kier molecular flexibility index (Phi) is 6.49. The molecule has 0 bridgehead atoms. The van der Waals surface area contributed by atoms with Crippen molar-refractivity contribution in [3.63, 3.8) is 0 Å². The molecule has 0 aliphatic heterocycles. The Morgan fingerprint density at radius 3 is 2.05 bits per heavy atom. The SMILES string of the molecule is NC(=O)C1CCC(NCC(=O)NC2CCCCCC2)CC1. The van der Waals surface area contributed by atoms with E-state index < -0.39 is 0 Å². The van der Waals surface area contributed by atoms with Gasteiger partial charge in [0.25, 0.3) is 0 Å². The molecule has 2 amide bonds. The van der Waals surface area contributed by atoms with Crippen molar-refractivity contribution in [3.8, 4) is 0 Å². The molecule has 0 radical (unpaired) electrons. The molecule has 0 aromatic rings. The summed E-state index contributed by atoms with van der Waals surface area (Å²) in [4.78, 5) is 23.1. The average molecular weight is 295 g/mol. The van der Waals surface area contributed by atoms with Crippen molar-refractivity contribution in [2.75, 3.05) is 6.54 Å². The summed E-state index contributed by atoms with van der Waals surface area (Å²) in [6.07, 6.45) is 10.9. The van der Waals surface area contributed by atoms with Gasteiger partial charge < -0.3 is 16.4 Å². The Bertz CT molecular complexity index is 343. The van der Waals surface area contributed by atoms with Crippen LogP contribution in [0.25, 0.3) is 0 Å². The van der Waals surface area contributed by atoms with Crippen molar-refractivity contribution < 1.29 is 9.59 Å². The Morgan fingerprint density at radius 1 is 0.857 bits per heavy atom. The molecule has 2 saturated carbocycles. The zero-order chi connectivity index (χ0) is 15.1. The Hall–Kier alpha value is -1.10. The third-order valence-electron chi connectivity index (χ3n) is 4.90. The summed E-state index contributed by atoms with van der Waals surface area (Å²) < 4.78 is 0. The summed E-state index contributed by atoms with van der Waals surface area (Å²) in [5.41, 5.74) is 5.33. The average Bonchev–Trinajstić information content (AvgIpc) is 2.74. The number of carbonyl (C=O) groups is 2. The van der Waals surface area contributed by atoms with Gasteiger partial charge in [-0.2, -0.15) is 0 Å². The van der Waals surface area contributed by atoms with Crippen molar-refractivity contribution in [1.82, 2.24) is 10.6 Å². The van der Waals surface area contributed by atoms with Gasteiger partial charge in [0.1, 0.15) is 0 Å². The fourth-order valence-corrected chi connectivity index (χ4v) is 3.52. The number of rotatable bonds is 5. The first-order valence-electron chi connectivity index (χ1n) is 8.47. The second-order valence-corrected chi connectivity index (χ2v) is 6.59. The molecule has 0 aromatic heterocycles. The molecule has 2 aliphatic rings. The first-order chi connectivity index (χ1) is 10.1. The molecular weight excluding hydrogens is 266 g/mol. The maximum atomic E-state index is 12.0. The van der Waals surface area contributed by atoms with E-state index in [9.17, 15) is 9.59 Å². The first kappa shape index (κ1) is 16.3. The van der Waals surface area contributed by atoms with Crippen LogP contribution in [0.3, 0.4) is 0 Å². The molecule has 2 rings (SSSR count). The zero-order valence-corrected chi connectivity index (χ0v) is 12.9. The standard InChI is InChI=1S/C16H29N3O2/c17-16(21)12-7-9-13(10-8-12)18-11-15(20)19-14-5-3-1-2-4-6-14/h12-14,18H,1-11H2,(H2,17,21)(H,19,20). The van der Waals surface area contributed by atoms with E-state index in [2.05, 4.69) is 10.6 Å². The second kappa shape index (κ2) is 8.37. The maximum Gasteiger partial charge on any atom is 0.234 e. The van der Waals surface area contributed by atoms with Crippen LogP contribution < -0.4 is 16.4 Å². The molecule has 21 heavy (non-hydrogen) atoms. The van der Waals surface area contributed by atoms with Crippen LogP contribution in [0.1, 0.15) is 64.2 Å². The van der Waals surface area contributed by atoms with E-state index in [1.165, 1.54) is 25.7 Å². The number of nitrogens with two attached hydrogens (primary N) is 1. The minimum absolute atomic E-state index is 0.0304. The van der Waals surface area contributed by atoms with Gasteiger partial charge in [-0.3, -0.25) is 9.59 Å². The number of nitrogens with one attached hydrogen (secondary N) is 2. The van der Waals surface area contributed by atoms with Crippen LogP contribution in [0.15, 0.2) is 0 Å². The highest BCUT2D eigenvalue weighted by Crippen LogP contribution is 2.23. The van der Waals surface area contributed by atoms with Crippen molar-refractivity contribution in [1.29, 1.82) is 0 Å². The molecule has 0 spiro atoms. The number of amides is 2. The van der Waals surface area contributed by atoms with Gasteiger partial charge >= 0.3 is 0 Å². The third-order valence-corrected chi connectivity index (χ3v) is 4.90. The monoisotopic (exact) mass is 295 g/mol. The second-order valence-electron chi connectivity index (χ2n) is 6.59. The molecular formula is C16H29N3O2. The summed E-state index contributed by atoms with van der Waals surface area (Å²) in [6.45, 7) is 0.391. The molecule has 0 atom stereocenters. The van der Waals surface area contributed by atoms with E-state index in [1.54, 1.807) is 0 Å². The lowest BCUT2D eigenvalue weighted by molar-refractivity contribution is -0.123. The van der Waals surface area contributed by atoms with Crippen LogP contribution in [-0.4, -0.2) is 30.4 Å². The number of carbonyl (C=O) groups excluding carboxylic acids is 2. The lowest BCUT2D eigenvalue weighted by atomic mass is 9.85. The predicted molar refractivity (Wildman–Crippen MR) is 82.6 cm³/mol. The molecule has 120 valence electrons. The largest absolute Gasteiger partial charge is 0.369 e. The summed E-state index contributed by atoms with van der Waals surface area (Å²) in [5, 5.41) is 6.47. The number of hydrogen-bond acceptors (Lipinski definition) is 3. The van der Waals surface area contributed by atoms with E-state index >= 15 is 0 Å². The summed E-state index contributed by atoms with van der Waals surface area (Å²) in [6, 6.07) is 0.716. The quantitative estimate of drug-likeness (QED) is 0.671. The molecule has 0 heterocycles. The van der Waals surface area contributed by atoms with Gasteiger partial charge in [0, 0.05) is 18.0 Å². The molecule has 2 aliphatic carbocycles. The van der Waals surface area contributed by atoms with Gasteiger partial charge in [-0.05, 0) is 38.5 Å². The highest BCUT2D eigenvalue weighted by molar-refractivity contribution is 5.78. The molecule has 2 fully saturated rings. The van der Waals surface area contributed by atoms with E-state index in [-0.39, 0.29) is 17.7 Å². The minimum atomic E-state index is -0.181. The van der Waals surface area contributed by atoms with Crippen molar-refractivity contribution in [2.24, 2.45) is 11.7 Å². The lowest BCUT2D eigenvalue weighted by Crippen LogP contribution is -2.44. The van der Waals surface area contributed by atoms with E-state index in [0.29, 0.717) is 18.6 Å². The first-order valence-corrected chi connectivity index (χ1v) is 8.47. The van der Waals surface area contributed by atoms with E-state index in [0.717, 1.165) is 38.5 Å². The van der Waals surface area contributed by atoms with Crippen molar-refractivity contribution >= 4 is 11.8 Å². The highest BCUT2D eigenvalue weighted by Gasteiger charge is 2.24. The molecule has 0 unspecified atom stereocenters. The van der Waals surface area contributed by atoms with Gasteiger partial charge in [-0.1, -0.05) is 25.7 Å². The van der Waals surface area contributed by atoms with Crippen LogP contribution in [0.2, 0.25) is 0 Å². The smallest absolute Gasteiger partial charge is 0.234 e. The summed E-state index contributed by atoms with van der Waals surface area (Å²) in [7, 11) is 0. The maximum absolute atomic E-state index is 12.0. The molecule has 0 aromatic carbocycles. The van der Waals surface area contributed by atoms with E-state index in [1.807, 2.05) is 0 Å². The van der Waals surface area contributed by atoms with Crippen LogP contribution >= 0.6 is 0 Å². The van der Waals surface area contributed by atoms with Gasteiger partial charge in [-0.25, -0.2) is 0 Å². The van der Waals surface area contributed by atoms with Gasteiger partial charge in [0.05, 0.1) is 6.54 Å². The fourth-order valence-electron chi connectivity index (χ4n) is 3.52. The topological polar surface area (TPSA) is 84.2 Å². The number of primary amides is 1. The van der Waals surface area contributed by atoms with Crippen LogP contribution in [0.5, 0.6) is 0 Å². The predicted octanol–water partition coefficient (Wildman–Crippen LogP) is 1.46. The van der Waals surface area contributed by atoms with Gasteiger partial charge in [0.15, 0.2) is 0 Å². The van der Waals surface area contributed by atoms with Crippen LogP contribution in [0.4, 0.5) is 0 Å². The van der Waals surface area contributed by atoms with Crippen molar-refractivity contribution in [2.45, 2.75) is 76.3 Å². The lowest BCUT2D eigenvalue weighted by Gasteiger charge is -2.27. The molecule has 0 saturated heterocycles. The van der Waals surface area contributed by atoms with Crippen LogP contribution in [-0.2, 0) is 9.59 Å². The Balaban J connectivity index is 1.61. The molecule has 5 heteroatoms. The van der Waals surface area contributed by atoms with Crippen LogP contribution in [0, 0.1) is 5.92 Å². The van der Waals surface area contributed by atoms with Gasteiger partial charge in [-0.15, -0.1) is 0 Å². The summed E-state index contributed by atoms with van der Waals surface area (Å²) in [5.74, 6) is -0.0404. The fraction of sp³-hybridized carbons (Fsp3) is 0.875. The Labute approximate surface area is 127 Å². The molecule has 4 N–H and O–H groups in total. The summed E-state index contributed by atoms with van der Waals surface area (Å²) >= 11 is 0. The van der Waals surface area contributed by atoms with E-state index in [4.69, 9.17) is 5.73 Å². The molecule has 5 nitrogen and oxygen atoms in total. The zero-order valence-electron chi connectivity index (χ0n) is 12.9. The minimum Gasteiger partial charge on any atom is -0.369 e. The third kappa shape index (κ3) is 5.65. The highest BCUT2D eigenvalue weighted by atomic mass is 16.2. The van der Waals surface area contributed by atoms with Crippen molar-refractivity contribution in [3.05, 3.63) is 0 Å². The Morgan fingerprint density at radius 2 is 1.48 bits per heavy atom. The van der Waals surface area contributed by atoms with Gasteiger partial charge in [0.2, 0.25) is 11.8 Å². The normalized spacial score (nSPS) is 27.8.